The molecule has 0 spiro atoms. The molecule has 8 nitrogen and oxygen atoms in total. The minimum Gasteiger partial charge on any atom is -0.497 e. The number of rotatable bonds is 11. The summed E-state index contributed by atoms with van der Waals surface area (Å²) in [5.74, 6) is 2.28. The number of fused-ring (bicyclic) bond motifs is 1. The van der Waals surface area contributed by atoms with Crippen molar-refractivity contribution in [3.8, 4) is 17.2 Å². The predicted octanol–water partition coefficient (Wildman–Crippen LogP) is 3.21. The lowest BCUT2D eigenvalue weighted by atomic mass is 10.0. The van der Waals surface area contributed by atoms with E-state index in [0.29, 0.717) is 26.1 Å². The third-order valence-electron chi connectivity index (χ3n) is 5.53. The van der Waals surface area contributed by atoms with Crippen molar-refractivity contribution in [1.29, 1.82) is 0 Å². The number of methoxy groups -OCH3 is 1. The van der Waals surface area contributed by atoms with Gasteiger partial charge in [0.05, 0.1) is 31.6 Å². The zero-order valence-electron chi connectivity index (χ0n) is 19.4. The van der Waals surface area contributed by atoms with E-state index in [0.717, 1.165) is 34.1 Å². The van der Waals surface area contributed by atoms with Crippen LogP contribution >= 0.6 is 0 Å². The third-order valence-corrected chi connectivity index (χ3v) is 5.53. The zero-order chi connectivity index (χ0) is 23.2. The van der Waals surface area contributed by atoms with Crippen LogP contribution in [-0.2, 0) is 16.1 Å². The third kappa shape index (κ3) is 6.37. The Morgan fingerprint density at radius 3 is 2.82 bits per heavy atom. The van der Waals surface area contributed by atoms with Gasteiger partial charge < -0.3 is 28.9 Å². The molecule has 2 heterocycles. The molecule has 0 unspecified atom stereocenters. The van der Waals surface area contributed by atoms with E-state index in [1.54, 1.807) is 7.11 Å². The molecule has 0 saturated carbocycles. The fourth-order valence-corrected chi connectivity index (χ4v) is 3.95. The van der Waals surface area contributed by atoms with Crippen molar-refractivity contribution in [2.75, 3.05) is 33.6 Å². The van der Waals surface area contributed by atoms with E-state index in [9.17, 15) is 5.11 Å². The van der Waals surface area contributed by atoms with E-state index in [1.165, 1.54) is 0 Å². The van der Waals surface area contributed by atoms with Gasteiger partial charge in [0, 0.05) is 31.6 Å². The van der Waals surface area contributed by atoms with Crippen LogP contribution in [0, 0.1) is 0 Å². The van der Waals surface area contributed by atoms with E-state index in [1.807, 2.05) is 50.2 Å². The van der Waals surface area contributed by atoms with Gasteiger partial charge in [-0.1, -0.05) is 17.3 Å². The Balaban J connectivity index is 1.40. The molecule has 0 bridgehead atoms. The monoisotopic (exact) mass is 456 g/mol. The number of hydrogen-bond acceptors (Lipinski definition) is 8. The van der Waals surface area contributed by atoms with Crippen molar-refractivity contribution >= 4 is 5.71 Å². The second-order valence-electron chi connectivity index (χ2n) is 8.62. The number of hydrogen-bond donors (Lipinski definition) is 1. The lowest BCUT2D eigenvalue weighted by Gasteiger charge is -2.27. The summed E-state index contributed by atoms with van der Waals surface area (Å²) in [5.41, 5.74) is 2.94. The first-order valence-corrected chi connectivity index (χ1v) is 11.3. The van der Waals surface area contributed by atoms with Crippen LogP contribution in [0.2, 0.25) is 0 Å². The standard InChI is InChI=1S/C25H32N2O6/c1-17(2)30-15-20(28)13-27(12-18-5-4-6-21(9-18)29-3)14-22-11-23(26-33-22)19-7-8-24-25(10-19)32-16-31-24/h4-10,17,20,22,28H,11-16H2,1-3H3/t20-,22-/m0/s1. The van der Waals surface area contributed by atoms with Crippen LogP contribution in [0.3, 0.4) is 0 Å². The topological polar surface area (TPSA) is 82.0 Å². The summed E-state index contributed by atoms with van der Waals surface area (Å²) in [5, 5.41) is 14.9. The molecule has 2 aliphatic heterocycles. The lowest BCUT2D eigenvalue weighted by Crippen LogP contribution is -2.39. The fourth-order valence-electron chi connectivity index (χ4n) is 3.95. The van der Waals surface area contributed by atoms with Gasteiger partial charge in [-0.3, -0.25) is 4.90 Å². The lowest BCUT2D eigenvalue weighted by molar-refractivity contribution is -0.0194. The summed E-state index contributed by atoms with van der Waals surface area (Å²) in [4.78, 5) is 7.94. The van der Waals surface area contributed by atoms with Gasteiger partial charge in [0.2, 0.25) is 6.79 Å². The quantitative estimate of drug-likeness (QED) is 0.556. The van der Waals surface area contributed by atoms with Crippen LogP contribution in [0.15, 0.2) is 47.6 Å². The second kappa shape index (κ2) is 10.9. The Morgan fingerprint density at radius 2 is 2.00 bits per heavy atom. The molecule has 2 aromatic carbocycles. The first-order valence-electron chi connectivity index (χ1n) is 11.3. The van der Waals surface area contributed by atoms with Gasteiger partial charge >= 0.3 is 0 Å². The average Bonchev–Trinajstić information content (AvgIpc) is 3.46. The molecule has 0 aliphatic carbocycles. The molecule has 0 fully saturated rings. The number of aliphatic hydroxyl groups is 1. The van der Waals surface area contributed by atoms with Crippen LogP contribution < -0.4 is 14.2 Å². The summed E-state index contributed by atoms with van der Waals surface area (Å²) in [6, 6.07) is 13.8. The molecular formula is C25H32N2O6. The highest BCUT2D eigenvalue weighted by atomic mass is 16.7. The Kier molecular flexibility index (Phi) is 7.69. The molecule has 0 aromatic heterocycles. The van der Waals surface area contributed by atoms with Crippen molar-refractivity contribution in [3.05, 3.63) is 53.6 Å². The normalized spacial score (nSPS) is 17.9. The fraction of sp³-hybridized carbons (Fsp3) is 0.480. The Labute approximate surface area is 194 Å². The number of nitrogens with zero attached hydrogens (tertiary/aromatic N) is 2. The van der Waals surface area contributed by atoms with Gasteiger partial charge in [0.1, 0.15) is 11.9 Å². The van der Waals surface area contributed by atoms with Crippen molar-refractivity contribution in [1.82, 2.24) is 4.90 Å². The van der Waals surface area contributed by atoms with Crippen LogP contribution in [0.1, 0.15) is 31.4 Å². The van der Waals surface area contributed by atoms with E-state index >= 15 is 0 Å². The molecule has 0 saturated heterocycles. The van der Waals surface area contributed by atoms with Gasteiger partial charge in [-0.15, -0.1) is 0 Å². The SMILES string of the molecule is COc1cccc(CN(C[C@H](O)COC(C)C)C[C@@H]2CC(c3ccc4c(c3)OCO4)=NO2)c1. The first kappa shape index (κ1) is 23.4. The molecule has 33 heavy (non-hydrogen) atoms. The highest BCUT2D eigenvalue weighted by Gasteiger charge is 2.27. The van der Waals surface area contributed by atoms with Gasteiger partial charge in [-0.05, 0) is 49.7 Å². The summed E-state index contributed by atoms with van der Waals surface area (Å²) in [6.45, 7) is 6.18. The van der Waals surface area contributed by atoms with Crippen LogP contribution in [0.4, 0.5) is 0 Å². The van der Waals surface area contributed by atoms with Crippen molar-refractivity contribution in [2.24, 2.45) is 5.16 Å². The van der Waals surface area contributed by atoms with Gasteiger partial charge in [0.15, 0.2) is 11.5 Å². The van der Waals surface area contributed by atoms with Gasteiger partial charge in [0.25, 0.3) is 0 Å². The average molecular weight is 457 g/mol. The number of oxime groups is 1. The Hall–Kier alpha value is -2.81. The second-order valence-corrected chi connectivity index (χ2v) is 8.62. The molecule has 178 valence electrons. The van der Waals surface area contributed by atoms with Crippen molar-refractivity contribution in [2.45, 2.75) is 45.1 Å². The molecule has 2 aromatic rings. The van der Waals surface area contributed by atoms with Crippen LogP contribution in [0.5, 0.6) is 17.2 Å². The summed E-state index contributed by atoms with van der Waals surface area (Å²) in [6.07, 6.45) is 0.0255. The van der Waals surface area contributed by atoms with E-state index in [2.05, 4.69) is 16.1 Å². The minimum absolute atomic E-state index is 0.0716. The molecule has 1 N–H and O–H groups in total. The van der Waals surface area contributed by atoms with Gasteiger partial charge in [-0.2, -0.15) is 0 Å². The highest BCUT2D eigenvalue weighted by molar-refractivity contribution is 6.01. The summed E-state index contributed by atoms with van der Waals surface area (Å²) >= 11 is 0. The molecule has 0 radical (unpaired) electrons. The molecular weight excluding hydrogens is 424 g/mol. The van der Waals surface area contributed by atoms with Gasteiger partial charge in [-0.25, -0.2) is 0 Å². The van der Waals surface area contributed by atoms with Crippen molar-refractivity contribution < 1.29 is 28.9 Å². The molecule has 2 aliphatic rings. The Morgan fingerprint density at radius 1 is 1.15 bits per heavy atom. The Bertz CT molecular complexity index is 964. The maximum absolute atomic E-state index is 10.6. The smallest absolute Gasteiger partial charge is 0.231 e. The zero-order valence-corrected chi connectivity index (χ0v) is 19.4. The van der Waals surface area contributed by atoms with Crippen molar-refractivity contribution in [3.63, 3.8) is 0 Å². The van der Waals surface area contributed by atoms with Crippen LogP contribution in [0.25, 0.3) is 0 Å². The largest absolute Gasteiger partial charge is 0.497 e. The minimum atomic E-state index is -0.603. The molecule has 4 rings (SSSR count). The molecule has 0 amide bonds. The predicted molar refractivity (Wildman–Crippen MR) is 124 cm³/mol. The van der Waals surface area contributed by atoms with E-state index in [4.69, 9.17) is 23.8 Å². The maximum atomic E-state index is 10.6. The number of benzene rings is 2. The molecule has 8 heteroatoms. The van der Waals surface area contributed by atoms with Crippen LogP contribution in [-0.4, -0.2) is 67.6 Å². The summed E-state index contributed by atoms with van der Waals surface area (Å²) in [7, 11) is 1.66. The highest BCUT2D eigenvalue weighted by Crippen LogP contribution is 2.33. The molecule has 2 atom stereocenters. The number of aliphatic hydroxyl groups excluding tert-OH is 1. The number of ether oxygens (including phenoxy) is 4. The van der Waals surface area contributed by atoms with E-state index < -0.39 is 6.10 Å². The first-order chi connectivity index (χ1) is 16.0. The summed E-state index contributed by atoms with van der Waals surface area (Å²) < 4.78 is 21.8. The van der Waals surface area contributed by atoms with E-state index in [-0.39, 0.29) is 25.6 Å². The maximum Gasteiger partial charge on any atom is 0.231 e.